The summed E-state index contributed by atoms with van der Waals surface area (Å²) in [7, 11) is 0. The Bertz CT molecular complexity index is 1450. The summed E-state index contributed by atoms with van der Waals surface area (Å²) in [5.74, 6) is 7.99. The highest BCUT2D eigenvalue weighted by molar-refractivity contribution is 5.90. The second kappa shape index (κ2) is 9.69. The minimum absolute atomic E-state index is 0.0393. The van der Waals surface area contributed by atoms with Crippen LogP contribution in [0.15, 0.2) is 73.6 Å². The number of para-hydroxylation sites is 1. The van der Waals surface area contributed by atoms with Gasteiger partial charge in [0.05, 0.1) is 11.4 Å². The predicted molar refractivity (Wildman–Crippen MR) is 134 cm³/mol. The van der Waals surface area contributed by atoms with Crippen molar-refractivity contribution in [3.63, 3.8) is 0 Å². The number of nitrogen functional groups attached to an aromatic ring is 1. The SMILES string of the molecule is C=CC(=O)N1CCC[C@@H](n2nc(C#Cc3cccc(Oc4ccccc4)c3)c3c(N)ncnc32)C1. The van der Waals surface area contributed by atoms with Gasteiger partial charge >= 0.3 is 0 Å². The van der Waals surface area contributed by atoms with Crippen molar-refractivity contribution in [2.75, 3.05) is 18.8 Å². The molecule has 0 saturated carbocycles. The molecule has 0 bridgehead atoms. The number of benzene rings is 2. The number of fused-ring (bicyclic) bond motifs is 1. The lowest BCUT2D eigenvalue weighted by Gasteiger charge is -2.32. The Labute approximate surface area is 203 Å². The number of hydrogen-bond acceptors (Lipinski definition) is 6. The Hall–Kier alpha value is -4.64. The van der Waals surface area contributed by atoms with E-state index in [4.69, 9.17) is 15.6 Å². The molecule has 1 amide bonds. The molecule has 1 aliphatic rings. The van der Waals surface area contributed by atoms with Crippen LogP contribution < -0.4 is 10.5 Å². The lowest BCUT2D eigenvalue weighted by atomic mass is 10.1. The Morgan fingerprint density at radius 1 is 1.11 bits per heavy atom. The molecule has 0 radical (unpaired) electrons. The second-order valence-electron chi connectivity index (χ2n) is 8.23. The molecule has 2 aromatic heterocycles. The largest absolute Gasteiger partial charge is 0.457 e. The van der Waals surface area contributed by atoms with E-state index in [0.29, 0.717) is 41.4 Å². The van der Waals surface area contributed by atoms with E-state index in [1.807, 2.05) is 59.3 Å². The number of ether oxygens (including phenoxy) is 1. The molecule has 1 saturated heterocycles. The Balaban J connectivity index is 1.47. The van der Waals surface area contributed by atoms with Gasteiger partial charge in [0.15, 0.2) is 5.65 Å². The third-order valence-electron chi connectivity index (χ3n) is 5.88. The van der Waals surface area contributed by atoms with Gasteiger partial charge in [-0.2, -0.15) is 5.10 Å². The first kappa shape index (κ1) is 22.2. The Morgan fingerprint density at radius 3 is 2.77 bits per heavy atom. The van der Waals surface area contributed by atoms with Crippen LogP contribution in [0.25, 0.3) is 11.0 Å². The molecule has 174 valence electrons. The normalized spacial score (nSPS) is 15.3. The van der Waals surface area contributed by atoms with Crippen molar-refractivity contribution in [1.82, 2.24) is 24.6 Å². The van der Waals surface area contributed by atoms with E-state index in [1.54, 1.807) is 4.90 Å². The van der Waals surface area contributed by atoms with E-state index >= 15 is 0 Å². The topological polar surface area (TPSA) is 99.2 Å². The Morgan fingerprint density at radius 2 is 1.94 bits per heavy atom. The predicted octanol–water partition coefficient (Wildman–Crippen LogP) is 3.95. The molecule has 0 aliphatic carbocycles. The van der Waals surface area contributed by atoms with Gasteiger partial charge in [-0.15, -0.1) is 0 Å². The van der Waals surface area contributed by atoms with Gasteiger partial charge in [0, 0.05) is 18.7 Å². The standard InChI is InChI=1S/C27H24N6O2/c1-2-24(34)32-15-7-9-20(17-32)33-27-25(26(28)29-18-30-27)23(31-33)14-13-19-8-6-12-22(16-19)35-21-10-4-3-5-11-21/h2-6,8,10-12,16,18,20H,1,7,9,15,17H2,(H2,28,29,30)/t20-/m1/s1. The highest BCUT2D eigenvalue weighted by Gasteiger charge is 2.27. The highest BCUT2D eigenvalue weighted by atomic mass is 16.5. The molecule has 0 spiro atoms. The summed E-state index contributed by atoms with van der Waals surface area (Å²) < 4.78 is 7.74. The number of nitrogens with zero attached hydrogens (tertiary/aromatic N) is 5. The zero-order valence-corrected chi connectivity index (χ0v) is 19.1. The van der Waals surface area contributed by atoms with Gasteiger partial charge in [-0.1, -0.05) is 36.8 Å². The lowest BCUT2D eigenvalue weighted by Crippen LogP contribution is -2.40. The molecule has 2 N–H and O–H groups in total. The third kappa shape index (κ3) is 4.70. The number of anilines is 1. The van der Waals surface area contributed by atoms with Crippen LogP contribution in [0.2, 0.25) is 0 Å². The van der Waals surface area contributed by atoms with E-state index in [-0.39, 0.29) is 11.9 Å². The van der Waals surface area contributed by atoms with E-state index in [1.165, 1.54) is 12.4 Å². The van der Waals surface area contributed by atoms with Crippen LogP contribution in [0.3, 0.4) is 0 Å². The van der Waals surface area contributed by atoms with Crippen molar-refractivity contribution in [3.8, 4) is 23.3 Å². The molecule has 8 heteroatoms. The van der Waals surface area contributed by atoms with Crippen molar-refractivity contribution in [2.24, 2.45) is 0 Å². The summed E-state index contributed by atoms with van der Waals surface area (Å²) in [6.45, 7) is 4.83. The van der Waals surface area contributed by atoms with Gasteiger partial charge in [-0.25, -0.2) is 14.6 Å². The van der Waals surface area contributed by atoms with Crippen molar-refractivity contribution >= 4 is 22.8 Å². The molecule has 0 unspecified atom stereocenters. The van der Waals surface area contributed by atoms with Gasteiger partial charge in [0.1, 0.15) is 29.3 Å². The van der Waals surface area contributed by atoms with Crippen LogP contribution in [0.5, 0.6) is 11.5 Å². The number of aromatic nitrogens is 4. The van der Waals surface area contributed by atoms with Crippen molar-refractivity contribution in [2.45, 2.75) is 18.9 Å². The molecular formula is C27H24N6O2. The van der Waals surface area contributed by atoms with Crippen molar-refractivity contribution in [1.29, 1.82) is 0 Å². The van der Waals surface area contributed by atoms with Gasteiger partial charge < -0.3 is 15.4 Å². The summed E-state index contributed by atoms with van der Waals surface area (Å²) >= 11 is 0. The summed E-state index contributed by atoms with van der Waals surface area (Å²) in [5.41, 5.74) is 8.09. The van der Waals surface area contributed by atoms with Gasteiger partial charge in [-0.05, 0) is 55.2 Å². The summed E-state index contributed by atoms with van der Waals surface area (Å²) in [5, 5.41) is 5.38. The van der Waals surface area contributed by atoms with Crippen molar-refractivity contribution in [3.05, 3.63) is 84.8 Å². The molecular weight excluding hydrogens is 440 g/mol. The highest BCUT2D eigenvalue weighted by Crippen LogP contribution is 2.28. The van der Waals surface area contributed by atoms with Crippen LogP contribution >= 0.6 is 0 Å². The van der Waals surface area contributed by atoms with E-state index < -0.39 is 0 Å². The summed E-state index contributed by atoms with van der Waals surface area (Å²) in [4.78, 5) is 22.5. The smallest absolute Gasteiger partial charge is 0.246 e. The van der Waals surface area contributed by atoms with Crippen LogP contribution in [0.4, 0.5) is 5.82 Å². The molecule has 8 nitrogen and oxygen atoms in total. The molecule has 1 aliphatic heterocycles. The minimum atomic E-state index is -0.0853. The fourth-order valence-electron chi connectivity index (χ4n) is 4.21. The number of hydrogen-bond donors (Lipinski definition) is 1. The first-order chi connectivity index (χ1) is 17.1. The zero-order valence-electron chi connectivity index (χ0n) is 19.1. The average Bonchev–Trinajstić information content (AvgIpc) is 3.28. The van der Waals surface area contributed by atoms with E-state index in [9.17, 15) is 4.79 Å². The maximum Gasteiger partial charge on any atom is 0.246 e. The van der Waals surface area contributed by atoms with Crippen LogP contribution in [-0.4, -0.2) is 43.6 Å². The molecule has 1 fully saturated rings. The average molecular weight is 465 g/mol. The number of nitrogens with two attached hydrogens (primary N) is 1. The molecule has 35 heavy (non-hydrogen) atoms. The molecule has 3 heterocycles. The quantitative estimate of drug-likeness (QED) is 0.363. The summed E-state index contributed by atoms with van der Waals surface area (Å²) in [6.07, 6.45) is 4.50. The maximum atomic E-state index is 12.2. The number of rotatable bonds is 4. The van der Waals surface area contributed by atoms with E-state index in [0.717, 1.165) is 24.2 Å². The molecule has 5 rings (SSSR count). The van der Waals surface area contributed by atoms with Gasteiger partial charge in [0.2, 0.25) is 5.91 Å². The monoisotopic (exact) mass is 464 g/mol. The Kier molecular flexibility index (Phi) is 6.14. The fraction of sp³-hybridized carbons (Fsp3) is 0.185. The first-order valence-corrected chi connectivity index (χ1v) is 11.4. The maximum absolute atomic E-state index is 12.2. The number of carbonyl (C=O) groups is 1. The second-order valence-corrected chi connectivity index (χ2v) is 8.23. The summed E-state index contributed by atoms with van der Waals surface area (Å²) in [6, 6.07) is 17.1. The number of likely N-dealkylation sites (tertiary alicyclic amines) is 1. The minimum Gasteiger partial charge on any atom is -0.457 e. The first-order valence-electron chi connectivity index (χ1n) is 11.4. The lowest BCUT2D eigenvalue weighted by molar-refractivity contribution is -0.127. The number of piperidine rings is 1. The van der Waals surface area contributed by atoms with Gasteiger partial charge in [-0.3, -0.25) is 4.79 Å². The van der Waals surface area contributed by atoms with Gasteiger partial charge in [0.25, 0.3) is 0 Å². The van der Waals surface area contributed by atoms with Crippen molar-refractivity contribution < 1.29 is 9.53 Å². The van der Waals surface area contributed by atoms with E-state index in [2.05, 4.69) is 28.4 Å². The van der Waals surface area contributed by atoms with Crippen LogP contribution in [0, 0.1) is 11.8 Å². The van der Waals surface area contributed by atoms with Crippen LogP contribution in [0.1, 0.15) is 30.1 Å². The zero-order chi connectivity index (χ0) is 24.2. The number of amides is 1. The number of carbonyl (C=O) groups excluding carboxylic acids is 1. The molecule has 2 aromatic carbocycles. The van der Waals surface area contributed by atoms with Crippen LogP contribution in [-0.2, 0) is 4.79 Å². The molecule has 4 aromatic rings. The molecule has 1 atom stereocenters. The third-order valence-corrected chi connectivity index (χ3v) is 5.88. The fourth-order valence-corrected chi connectivity index (χ4v) is 4.21.